The van der Waals surface area contributed by atoms with Crippen LogP contribution in [0.3, 0.4) is 0 Å². The Morgan fingerprint density at radius 1 is 1.15 bits per heavy atom. The fraction of sp³-hybridized carbons (Fsp3) is 0.250. The Labute approximate surface area is 98.4 Å². The van der Waals surface area contributed by atoms with Crippen LogP contribution in [0, 0.1) is 0 Å². The molecule has 0 N–H and O–H groups in total. The number of rotatable bonds is 2. The van der Waals surface area contributed by atoms with Gasteiger partial charge in [-0.3, -0.25) is 0 Å². The molecular formula is C12H13Zr+. The minimum Gasteiger partial charge on any atom is -0.168 e. The van der Waals surface area contributed by atoms with E-state index in [4.69, 9.17) is 0 Å². The zero-order valence-corrected chi connectivity index (χ0v) is 10.3. The quantitative estimate of drug-likeness (QED) is 0.714. The van der Waals surface area contributed by atoms with E-state index >= 15 is 0 Å². The molecule has 0 aliphatic heterocycles. The molecule has 0 heterocycles. The SMILES string of the molecule is CCC[c-]1ccc2ccccc21.[Zr+2]. The molecule has 2 aromatic rings. The van der Waals surface area contributed by atoms with Gasteiger partial charge in [-0.15, -0.1) is 40.6 Å². The summed E-state index contributed by atoms with van der Waals surface area (Å²) in [5.41, 5.74) is 1.49. The molecule has 0 aromatic heterocycles. The molecule has 2 aromatic carbocycles. The molecule has 0 spiro atoms. The van der Waals surface area contributed by atoms with Gasteiger partial charge in [0, 0.05) is 0 Å². The van der Waals surface area contributed by atoms with Gasteiger partial charge in [0.15, 0.2) is 0 Å². The van der Waals surface area contributed by atoms with Crippen molar-refractivity contribution >= 4 is 10.8 Å². The van der Waals surface area contributed by atoms with Crippen molar-refractivity contribution in [2.24, 2.45) is 0 Å². The monoisotopic (exact) mass is 247 g/mol. The Morgan fingerprint density at radius 3 is 2.69 bits per heavy atom. The summed E-state index contributed by atoms with van der Waals surface area (Å²) in [5.74, 6) is 0. The van der Waals surface area contributed by atoms with E-state index < -0.39 is 0 Å². The van der Waals surface area contributed by atoms with Gasteiger partial charge in [-0.1, -0.05) is 25.8 Å². The largest absolute Gasteiger partial charge is 2.00 e. The standard InChI is InChI=1S/C12H13.Zr/c1-2-5-10-8-9-11-6-3-4-7-12(10)11;/h3-4,6-9H,2,5H2,1H3;/q-1;+2. The first-order valence-electron chi connectivity index (χ1n) is 4.55. The molecule has 0 bridgehead atoms. The summed E-state index contributed by atoms with van der Waals surface area (Å²) >= 11 is 0. The Balaban J connectivity index is 0.000000845. The van der Waals surface area contributed by atoms with E-state index in [0.717, 1.165) is 0 Å². The zero-order chi connectivity index (χ0) is 8.39. The average Bonchev–Trinajstić information content (AvgIpc) is 2.50. The molecule has 0 saturated heterocycles. The summed E-state index contributed by atoms with van der Waals surface area (Å²) in [6.07, 6.45) is 2.43. The smallest absolute Gasteiger partial charge is 0.168 e. The second-order valence-corrected chi connectivity index (χ2v) is 3.20. The molecule has 0 saturated carbocycles. The van der Waals surface area contributed by atoms with Crippen LogP contribution in [0.25, 0.3) is 10.8 Å². The van der Waals surface area contributed by atoms with Crippen LogP contribution in [0.5, 0.6) is 0 Å². The maximum atomic E-state index is 2.24. The first-order chi connectivity index (χ1) is 5.92. The van der Waals surface area contributed by atoms with Crippen LogP contribution in [0.1, 0.15) is 18.9 Å². The molecule has 0 amide bonds. The van der Waals surface area contributed by atoms with Gasteiger partial charge in [-0.2, -0.15) is 6.07 Å². The Bertz CT molecular complexity index is 373. The fourth-order valence-electron chi connectivity index (χ4n) is 1.70. The zero-order valence-electron chi connectivity index (χ0n) is 7.88. The van der Waals surface area contributed by atoms with E-state index in [-0.39, 0.29) is 26.2 Å². The average molecular weight is 248 g/mol. The van der Waals surface area contributed by atoms with Crippen molar-refractivity contribution in [3.8, 4) is 0 Å². The van der Waals surface area contributed by atoms with Crippen molar-refractivity contribution in [1.82, 2.24) is 0 Å². The predicted molar refractivity (Wildman–Crippen MR) is 53.5 cm³/mol. The van der Waals surface area contributed by atoms with E-state index in [0.29, 0.717) is 0 Å². The minimum absolute atomic E-state index is 0. The van der Waals surface area contributed by atoms with Crippen LogP contribution in [0.2, 0.25) is 0 Å². The van der Waals surface area contributed by atoms with E-state index in [1.165, 1.54) is 29.2 Å². The van der Waals surface area contributed by atoms with Crippen LogP contribution in [-0.2, 0) is 32.6 Å². The van der Waals surface area contributed by atoms with Crippen LogP contribution in [-0.4, -0.2) is 0 Å². The topological polar surface area (TPSA) is 0 Å². The molecule has 0 atom stereocenters. The van der Waals surface area contributed by atoms with Gasteiger partial charge >= 0.3 is 26.2 Å². The Kier molecular flexibility index (Phi) is 4.00. The third-order valence-corrected chi connectivity index (χ3v) is 2.29. The van der Waals surface area contributed by atoms with Crippen molar-refractivity contribution < 1.29 is 26.2 Å². The molecule has 2 rings (SSSR count). The summed E-state index contributed by atoms with van der Waals surface area (Å²) in [7, 11) is 0. The third kappa shape index (κ3) is 2.14. The fourth-order valence-corrected chi connectivity index (χ4v) is 1.70. The van der Waals surface area contributed by atoms with Crippen molar-refractivity contribution in [1.29, 1.82) is 0 Å². The van der Waals surface area contributed by atoms with E-state index in [1.54, 1.807) is 0 Å². The molecule has 0 unspecified atom stereocenters. The molecule has 0 radical (unpaired) electrons. The molecule has 0 fully saturated rings. The molecule has 0 nitrogen and oxygen atoms in total. The van der Waals surface area contributed by atoms with Gasteiger partial charge < -0.3 is 0 Å². The van der Waals surface area contributed by atoms with Crippen LogP contribution < -0.4 is 0 Å². The van der Waals surface area contributed by atoms with Gasteiger partial charge in [0.05, 0.1) is 0 Å². The van der Waals surface area contributed by atoms with Crippen molar-refractivity contribution in [3.63, 3.8) is 0 Å². The van der Waals surface area contributed by atoms with E-state index in [2.05, 4.69) is 43.3 Å². The van der Waals surface area contributed by atoms with Crippen LogP contribution >= 0.6 is 0 Å². The maximum absolute atomic E-state index is 2.24. The number of hydrogen-bond acceptors (Lipinski definition) is 0. The van der Waals surface area contributed by atoms with Gasteiger partial charge in [0.25, 0.3) is 0 Å². The first-order valence-corrected chi connectivity index (χ1v) is 4.55. The minimum atomic E-state index is 0. The summed E-state index contributed by atoms with van der Waals surface area (Å²) in [4.78, 5) is 0. The summed E-state index contributed by atoms with van der Waals surface area (Å²) < 4.78 is 0. The molecule has 0 aliphatic rings. The van der Waals surface area contributed by atoms with Crippen molar-refractivity contribution in [2.45, 2.75) is 19.8 Å². The maximum Gasteiger partial charge on any atom is 2.00 e. The normalized spacial score (nSPS) is 9.92. The van der Waals surface area contributed by atoms with E-state index in [1.807, 2.05) is 0 Å². The summed E-state index contributed by atoms with van der Waals surface area (Å²) in [6.45, 7) is 2.22. The first kappa shape index (κ1) is 10.8. The van der Waals surface area contributed by atoms with Crippen molar-refractivity contribution in [2.75, 3.05) is 0 Å². The molecular weight excluding hydrogens is 235 g/mol. The Hall–Kier alpha value is -0.287. The second-order valence-electron chi connectivity index (χ2n) is 3.20. The molecule has 1 heteroatoms. The van der Waals surface area contributed by atoms with Crippen LogP contribution in [0.15, 0.2) is 36.4 Å². The van der Waals surface area contributed by atoms with E-state index in [9.17, 15) is 0 Å². The van der Waals surface area contributed by atoms with Gasteiger partial charge in [-0.05, 0) is 0 Å². The number of hydrogen-bond donors (Lipinski definition) is 0. The second kappa shape index (κ2) is 4.81. The van der Waals surface area contributed by atoms with Crippen molar-refractivity contribution in [3.05, 3.63) is 42.0 Å². The number of benzene rings is 1. The van der Waals surface area contributed by atoms with Gasteiger partial charge in [0.1, 0.15) is 0 Å². The molecule has 0 aliphatic carbocycles. The summed E-state index contributed by atoms with van der Waals surface area (Å²) in [5, 5.41) is 2.81. The Morgan fingerprint density at radius 2 is 1.92 bits per heavy atom. The number of fused-ring (bicyclic) bond motifs is 1. The van der Waals surface area contributed by atoms with Crippen LogP contribution in [0.4, 0.5) is 0 Å². The van der Waals surface area contributed by atoms with Gasteiger partial charge in [-0.25, -0.2) is 0 Å². The molecule has 13 heavy (non-hydrogen) atoms. The van der Waals surface area contributed by atoms with Gasteiger partial charge in [0.2, 0.25) is 0 Å². The predicted octanol–water partition coefficient (Wildman–Crippen LogP) is 3.51. The molecule has 64 valence electrons. The third-order valence-electron chi connectivity index (χ3n) is 2.29. The summed E-state index contributed by atoms with van der Waals surface area (Å²) in [6, 6.07) is 13.0. The number of aryl methyl sites for hydroxylation is 1.